The van der Waals surface area contributed by atoms with Gasteiger partial charge in [0.2, 0.25) is 0 Å². The molecule has 56 valence electrons. The highest BCUT2D eigenvalue weighted by Gasteiger charge is 2.10. The van der Waals surface area contributed by atoms with Crippen molar-refractivity contribution in [3.05, 3.63) is 20.3 Å². The van der Waals surface area contributed by atoms with Crippen LogP contribution in [0.2, 0.25) is 0 Å². The zero-order chi connectivity index (χ0) is 8.43. The quantitative estimate of drug-likeness (QED) is 0.806. The maximum atomic E-state index is 10.4. The van der Waals surface area contributed by atoms with Gasteiger partial charge >= 0.3 is 5.97 Å². The van der Waals surface area contributed by atoms with Gasteiger partial charge in [0, 0.05) is 4.47 Å². The summed E-state index contributed by atoms with van der Waals surface area (Å²) in [7, 11) is 0. The van der Waals surface area contributed by atoms with E-state index in [1.165, 1.54) is 6.07 Å². The summed E-state index contributed by atoms with van der Waals surface area (Å²) in [4.78, 5) is 10.9. The van der Waals surface area contributed by atoms with Crippen LogP contribution in [0.25, 0.3) is 0 Å². The van der Waals surface area contributed by atoms with Crippen molar-refractivity contribution < 1.29 is 9.90 Å². The molecule has 0 aromatic carbocycles. The number of aromatic carboxylic acids is 1. The van der Waals surface area contributed by atoms with Crippen molar-refractivity contribution in [2.45, 2.75) is 0 Å². The van der Waals surface area contributed by atoms with E-state index in [1.807, 2.05) is 6.07 Å². The number of hydrogen-bond acceptors (Lipinski definition) is 3. The van der Waals surface area contributed by atoms with E-state index in [0.717, 1.165) is 11.3 Å². The number of halogens is 1. The van der Waals surface area contributed by atoms with E-state index in [0.29, 0.717) is 9.35 Å². The standard InChI is InChI=1S/C6H2BrNO2S/c7-3-1-4(6(9)10)11-5(3)2-8/h1H,(H,9,10). The molecule has 0 unspecified atom stereocenters. The molecule has 3 nitrogen and oxygen atoms in total. The average molecular weight is 232 g/mol. The molecular formula is C6H2BrNO2S. The van der Waals surface area contributed by atoms with E-state index < -0.39 is 5.97 Å². The van der Waals surface area contributed by atoms with E-state index in [1.54, 1.807) is 0 Å². The molecule has 0 bridgehead atoms. The Morgan fingerprint density at radius 3 is 2.73 bits per heavy atom. The van der Waals surface area contributed by atoms with Gasteiger partial charge in [-0.3, -0.25) is 0 Å². The summed E-state index contributed by atoms with van der Waals surface area (Å²) in [6.07, 6.45) is 0. The highest BCUT2D eigenvalue weighted by atomic mass is 79.9. The smallest absolute Gasteiger partial charge is 0.345 e. The summed E-state index contributed by atoms with van der Waals surface area (Å²) in [6.45, 7) is 0. The van der Waals surface area contributed by atoms with Crippen LogP contribution in [-0.4, -0.2) is 11.1 Å². The Balaban J connectivity index is 3.18. The van der Waals surface area contributed by atoms with Crippen LogP contribution in [0.4, 0.5) is 0 Å². The lowest BCUT2D eigenvalue weighted by Crippen LogP contribution is -1.89. The number of nitrogens with zero attached hydrogens (tertiary/aromatic N) is 1. The Labute approximate surface area is 75.0 Å². The minimum Gasteiger partial charge on any atom is -0.477 e. The molecule has 0 spiro atoms. The number of nitriles is 1. The van der Waals surface area contributed by atoms with Gasteiger partial charge < -0.3 is 5.11 Å². The Morgan fingerprint density at radius 1 is 1.82 bits per heavy atom. The molecule has 1 N–H and O–H groups in total. The maximum Gasteiger partial charge on any atom is 0.345 e. The topological polar surface area (TPSA) is 61.1 Å². The fraction of sp³-hybridized carbons (Fsp3) is 0. The number of rotatable bonds is 1. The molecule has 0 radical (unpaired) electrons. The van der Waals surface area contributed by atoms with Crippen molar-refractivity contribution in [2.75, 3.05) is 0 Å². The summed E-state index contributed by atoms with van der Waals surface area (Å²) in [5.74, 6) is -1.00. The van der Waals surface area contributed by atoms with Gasteiger partial charge in [0.15, 0.2) is 0 Å². The molecule has 0 atom stereocenters. The van der Waals surface area contributed by atoms with Gasteiger partial charge in [0.05, 0.1) is 0 Å². The molecule has 0 fully saturated rings. The highest BCUT2D eigenvalue weighted by Crippen LogP contribution is 2.26. The van der Waals surface area contributed by atoms with Crippen LogP contribution in [0.3, 0.4) is 0 Å². The van der Waals surface area contributed by atoms with Crippen LogP contribution in [0.5, 0.6) is 0 Å². The van der Waals surface area contributed by atoms with Crippen molar-refractivity contribution in [2.24, 2.45) is 0 Å². The van der Waals surface area contributed by atoms with E-state index >= 15 is 0 Å². The molecule has 0 aliphatic rings. The van der Waals surface area contributed by atoms with Crippen LogP contribution in [0.1, 0.15) is 14.5 Å². The maximum absolute atomic E-state index is 10.4. The lowest BCUT2D eigenvalue weighted by molar-refractivity contribution is 0.0702. The monoisotopic (exact) mass is 231 g/mol. The fourth-order valence-electron chi connectivity index (χ4n) is 0.550. The Kier molecular flexibility index (Phi) is 2.27. The third-order valence-electron chi connectivity index (χ3n) is 0.999. The van der Waals surface area contributed by atoms with Gasteiger partial charge in [-0.1, -0.05) is 0 Å². The second-order valence-corrected chi connectivity index (χ2v) is 3.61. The molecule has 5 heteroatoms. The fourth-order valence-corrected chi connectivity index (χ4v) is 1.95. The summed E-state index contributed by atoms with van der Waals surface area (Å²) in [5.41, 5.74) is 0. The van der Waals surface area contributed by atoms with Crippen molar-refractivity contribution in [3.8, 4) is 6.07 Å². The van der Waals surface area contributed by atoms with Crippen molar-refractivity contribution in [1.82, 2.24) is 0 Å². The summed E-state index contributed by atoms with van der Waals surface area (Å²) in [5, 5.41) is 16.9. The van der Waals surface area contributed by atoms with Crippen LogP contribution in [0.15, 0.2) is 10.5 Å². The average Bonchev–Trinajstić information content (AvgIpc) is 2.31. The zero-order valence-corrected chi connectivity index (χ0v) is 7.57. The van der Waals surface area contributed by atoms with E-state index in [-0.39, 0.29) is 4.88 Å². The van der Waals surface area contributed by atoms with Crippen molar-refractivity contribution in [1.29, 1.82) is 5.26 Å². The molecule has 1 heterocycles. The molecule has 0 aliphatic carbocycles. The first-order chi connectivity index (χ1) is 5.15. The van der Waals surface area contributed by atoms with Gasteiger partial charge in [-0.2, -0.15) is 5.26 Å². The Bertz CT molecular complexity index is 339. The van der Waals surface area contributed by atoms with E-state index in [2.05, 4.69) is 15.9 Å². The SMILES string of the molecule is N#Cc1sc(C(=O)O)cc1Br. The van der Waals surface area contributed by atoms with Gasteiger partial charge in [-0.25, -0.2) is 4.79 Å². The van der Waals surface area contributed by atoms with Crippen LogP contribution >= 0.6 is 27.3 Å². The highest BCUT2D eigenvalue weighted by molar-refractivity contribution is 9.10. The molecule has 1 aromatic heterocycles. The third kappa shape index (κ3) is 1.59. The first kappa shape index (κ1) is 8.24. The zero-order valence-electron chi connectivity index (χ0n) is 5.17. The normalized spacial score (nSPS) is 9.09. The molecule has 1 aromatic rings. The van der Waals surface area contributed by atoms with Gasteiger partial charge in [-0.15, -0.1) is 11.3 Å². The number of carbonyl (C=O) groups is 1. The molecule has 0 saturated heterocycles. The first-order valence-electron chi connectivity index (χ1n) is 2.58. The number of thiophene rings is 1. The minimum absolute atomic E-state index is 0.174. The predicted molar refractivity (Wildman–Crippen MR) is 43.7 cm³/mol. The number of carboxylic acids is 1. The van der Waals surface area contributed by atoms with Crippen LogP contribution in [0, 0.1) is 11.3 Å². The lowest BCUT2D eigenvalue weighted by Gasteiger charge is -1.79. The van der Waals surface area contributed by atoms with E-state index in [4.69, 9.17) is 10.4 Å². The molecule has 0 saturated carbocycles. The molecular weight excluding hydrogens is 230 g/mol. The number of hydrogen-bond donors (Lipinski definition) is 1. The second kappa shape index (κ2) is 3.03. The largest absolute Gasteiger partial charge is 0.477 e. The molecule has 11 heavy (non-hydrogen) atoms. The van der Waals surface area contributed by atoms with Gasteiger partial charge in [0.25, 0.3) is 0 Å². The van der Waals surface area contributed by atoms with E-state index in [9.17, 15) is 4.79 Å². The van der Waals surface area contributed by atoms with Crippen molar-refractivity contribution >= 4 is 33.2 Å². The van der Waals surface area contributed by atoms with Crippen LogP contribution in [-0.2, 0) is 0 Å². The summed E-state index contributed by atoms with van der Waals surface area (Å²) in [6, 6.07) is 3.30. The minimum atomic E-state index is -1.00. The first-order valence-corrected chi connectivity index (χ1v) is 4.19. The predicted octanol–water partition coefficient (Wildman–Crippen LogP) is 2.08. The molecule has 1 rings (SSSR count). The Hall–Kier alpha value is -0.860. The molecule has 0 aliphatic heterocycles. The number of carboxylic acid groups (broad SMARTS) is 1. The van der Waals surface area contributed by atoms with Gasteiger partial charge in [0.1, 0.15) is 15.8 Å². The summed E-state index contributed by atoms with van der Waals surface area (Å²) < 4.78 is 0.544. The van der Waals surface area contributed by atoms with Crippen LogP contribution < -0.4 is 0 Å². The van der Waals surface area contributed by atoms with Crippen molar-refractivity contribution in [3.63, 3.8) is 0 Å². The molecule has 0 amide bonds. The lowest BCUT2D eigenvalue weighted by atomic mass is 10.4. The second-order valence-electron chi connectivity index (χ2n) is 1.70. The van der Waals surface area contributed by atoms with Gasteiger partial charge in [-0.05, 0) is 22.0 Å². The Morgan fingerprint density at radius 2 is 2.45 bits per heavy atom. The third-order valence-corrected chi connectivity index (χ3v) is 2.91. The summed E-state index contributed by atoms with van der Waals surface area (Å²) >= 11 is 4.03.